The van der Waals surface area contributed by atoms with Gasteiger partial charge in [-0.15, -0.1) is 0 Å². The zero-order chi connectivity index (χ0) is 29.5. The number of carbonyl (C=O) groups is 2. The Hall–Kier alpha value is -4.21. The first kappa shape index (κ1) is 27.9. The van der Waals surface area contributed by atoms with Crippen molar-refractivity contribution in [3.05, 3.63) is 77.0 Å². The van der Waals surface area contributed by atoms with E-state index < -0.39 is 35.8 Å². The fourth-order valence-electron chi connectivity index (χ4n) is 6.33. The highest BCUT2D eigenvalue weighted by Gasteiger charge is 2.41. The molecule has 6 rings (SSSR count). The molecule has 3 aromatic rings. The monoisotopic (exact) mass is 577 g/mol. The number of aliphatic carboxylic acids is 1. The van der Waals surface area contributed by atoms with Gasteiger partial charge in [-0.1, -0.05) is 6.07 Å². The number of phenols is 1. The van der Waals surface area contributed by atoms with Gasteiger partial charge in [0.2, 0.25) is 0 Å². The fraction of sp³-hybridized carbons (Fsp3) is 0.406. The fourth-order valence-corrected chi connectivity index (χ4v) is 6.33. The SMILES string of the molecule is C[C@H]1[C@@H](c2cc(F)cc(F)c2)OC(=O)N1Cc1nc(N2CCC2)ccc1-c1cc([C@H]2CC[C@H](C(=O)O)CC2)ccc1O. The maximum atomic E-state index is 14.0. The molecule has 3 aliphatic rings. The third-order valence-corrected chi connectivity index (χ3v) is 8.92. The van der Waals surface area contributed by atoms with Crippen LogP contribution in [0.3, 0.4) is 0 Å². The van der Waals surface area contributed by atoms with Crippen LogP contribution in [0.4, 0.5) is 19.4 Å². The van der Waals surface area contributed by atoms with Gasteiger partial charge in [-0.05, 0) is 86.9 Å². The Morgan fingerprint density at radius 1 is 0.976 bits per heavy atom. The Kier molecular flexibility index (Phi) is 7.47. The highest BCUT2D eigenvalue weighted by molar-refractivity contribution is 5.76. The summed E-state index contributed by atoms with van der Waals surface area (Å²) >= 11 is 0. The summed E-state index contributed by atoms with van der Waals surface area (Å²) in [5.41, 5.74) is 3.07. The number of carboxylic acid groups (broad SMARTS) is 1. The predicted octanol–water partition coefficient (Wildman–Crippen LogP) is 6.38. The lowest BCUT2D eigenvalue weighted by Crippen LogP contribution is -2.38. The van der Waals surface area contributed by atoms with Crippen LogP contribution in [0.1, 0.15) is 67.9 Å². The lowest BCUT2D eigenvalue weighted by atomic mass is 9.78. The first-order valence-electron chi connectivity index (χ1n) is 14.4. The van der Waals surface area contributed by atoms with E-state index in [0.29, 0.717) is 29.7 Å². The van der Waals surface area contributed by atoms with Gasteiger partial charge in [-0.3, -0.25) is 9.69 Å². The second-order valence-corrected chi connectivity index (χ2v) is 11.5. The molecule has 0 radical (unpaired) electrons. The van der Waals surface area contributed by atoms with Crippen LogP contribution >= 0.6 is 0 Å². The summed E-state index contributed by atoms with van der Waals surface area (Å²) in [4.78, 5) is 33.0. The number of phenolic OH excluding ortho intramolecular Hbond substituents is 1. The van der Waals surface area contributed by atoms with Crippen molar-refractivity contribution in [2.75, 3.05) is 18.0 Å². The number of hydrogen-bond acceptors (Lipinski definition) is 6. The summed E-state index contributed by atoms with van der Waals surface area (Å²) in [5.74, 6) is -1.54. The van der Waals surface area contributed by atoms with E-state index in [1.165, 1.54) is 17.0 Å². The van der Waals surface area contributed by atoms with Crippen molar-refractivity contribution in [2.45, 2.75) is 63.6 Å². The Bertz CT molecular complexity index is 1500. The molecule has 2 N–H and O–H groups in total. The van der Waals surface area contributed by atoms with Gasteiger partial charge in [0, 0.05) is 35.8 Å². The van der Waals surface area contributed by atoms with Crippen LogP contribution in [0.25, 0.3) is 11.1 Å². The van der Waals surface area contributed by atoms with E-state index in [-0.39, 0.29) is 29.7 Å². The van der Waals surface area contributed by atoms with Gasteiger partial charge in [-0.25, -0.2) is 18.6 Å². The summed E-state index contributed by atoms with van der Waals surface area (Å²) in [6, 6.07) is 11.9. The number of aromatic hydroxyl groups is 1. The van der Waals surface area contributed by atoms with Gasteiger partial charge in [0.25, 0.3) is 0 Å². The molecule has 0 unspecified atom stereocenters. The number of carbonyl (C=O) groups excluding carboxylic acids is 1. The third-order valence-electron chi connectivity index (χ3n) is 8.92. The van der Waals surface area contributed by atoms with Crippen LogP contribution in [0.15, 0.2) is 48.5 Å². The lowest BCUT2D eigenvalue weighted by molar-refractivity contribution is -0.142. The smallest absolute Gasteiger partial charge is 0.411 e. The van der Waals surface area contributed by atoms with Crippen LogP contribution in [0.5, 0.6) is 5.75 Å². The van der Waals surface area contributed by atoms with Crippen molar-refractivity contribution in [1.82, 2.24) is 9.88 Å². The molecule has 3 heterocycles. The number of pyridine rings is 1. The number of benzene rings is 2. The quantitative estimate of drug-likeness (QED) is 0.336. The second kappa shape index (κ2) is 11.2. The van der Waals surface area contributed by atoms with E-state index in [0.717, 1.165) is 49.8 Å². The largest absolute Gasteiger partial charge is 0.507 e. The summed E-state index contributed by atoms with van der Waals surface area (Å²) in [5, 5.41) is 20.4. The van der Waals surface area contributed by atoms with E-state index in [1.54, 1.807) is 13.0 Å². The minimum Gasteiger partial charge on any atom is -0.507 e. The second-order valence-electron chi connectivity index (χ2n) is 11.5. The standard InChI is InChI=1S/C32H33F2N3O5/c1-18-30(22-13-23(33)16-24(34)14-22)42-32(41)37(18)17-27-25(8-10-29(35-27)36-11-2-12-36)26-15-21(7-9-28(26)38)19-3-5-20(6-4-19)31(39)40/h7-10,13-16,18-20,30,38H,2-6,11-12,17H2,1H3,(H,39,40)/t18-,19-,20-,30-/m0/s1. The van der Waals surface area contributed by atoms with Gasteiger partial charge in [0.1, 0.15) is 29.3 Å². The molecular formula is C32H33F2N3O5. The van der Waals surface area contributed by atoms with Crippen molar-refractivity contribution in [3.63, 3.8) is 0 Å². The Labute approximate surface area is 242 Å². The average Bonchev–Trinajstić information content (AvgIpc) is 3.21. The maximum absolute atomic E-state index is 14.0. The van der Waals surface area contributed by atoms with Crippen molar-refractivity contribution in [3.8, 4) is 16.9 Å². The molecule has 2 saturated heterocycles. The molecule has 1 aliphatic carbocycles. The highest BCUT2D eigenvalue weighted by atomic mass is 19.1. The van der Waals surface area contributed by atoms with Crippen molar-refractivity contribution in [2.24, 2.45) is 5.92 Å². The average molecular weight is 578 g/mol. The lowest BCUT2D eigenvalue weighted by Gasteiger charge is -2.33. The number of rotatable bonds is 7. The van der Waals surface area contributed by atoms with Crippen LogP contribution < -0.4 is 4.90 Å². The Morgan fingerprint density at radius 3 is 2.33 bits per heavy atom. The Balaban J connectivity index is 1.32. The summed E-state index contributed by atoms with van der Waals surface area (Å²) in [6.07, 6.45) is 2.30. The molecule has 0 spiro atoms. The topological polar surface area (TPSA) is 103 Å². The zero-order valence-electron chi connectivity index (χ0n) is 23.3. The molecule has 3 fully saturated rings. The van der Waals surface area contributed by atoms with Gasteiger partial charge >= 0.3 is 12.1 Å². The minimum atomic E-state index is -0.859. The number of nitrogens with zero attached hydrogens (tertiary/aromatic N) is 3. The van der Waals surface area contributed by atoms with E-state index in [1.807, 2.05) is 24.3 Å². The number of amides is 1. The predicted molar refractivity (Wildman–Crippen MR) is 151 cm³/mol. The van der Waals surface area contributed by atoms with Crippen molar-refractivity contribution in [1.29, 1.82) is 0 Å². The van der Waals surface area contributed by atoms with Crippen LogP contribution in [0.2, 0.25) is 0 Å². The molecule has 8 nitrogen and oxygen atoms in total. The number of halogens is 2. The number of cyclic esters (lactones) is 1. The highest BCUT2D eigenvalue weighted by Crippen LogP contribution is 2.41. The van der Waals surface area contributed by atoms with Gasteiger partial charge in [0.05, 0.1) is 24.2 Å². The van der Waals surface area contributed by atoms with E-state index in [2.05, 4.69) is 4.90 Å². The molecule has 2 aromatic carbocycles. The third kappa shape index (κ3) is 5.37. The molecule has 42 heavy (non-hydrogen) atoms. The molecule has 2 atom stereocenters. The number of carboxylic acids is 1. The molecule has 1 aromatic heterocycles. The molecule has 10 heteroatoms. The number of ether oxygens (including phenoxy) is 1. The van der Waals surface area contributed by atoms with E-state index in [4.69, 9.17) is 9.72 Å². The van der Waals surface area contributed by atoms with Gasteiger partial charge < -0.3 is 19.8 Å². The molecule has 0 bridgehead atoms. The first-order valence-corrected chi connectivity index (χ1v) is 14.4. The molecule has 1 amide bonds. The zero-order valence-corrected chi connectivity index (χ0v) is 23.3. The normalized spacial score (nSPS) is 23.9. The molecule has 220 valence electrons. The van der Waals surface area contributed by atoms with Crippen LogP contribution in [-0.2, 0) is 16.1 Å². The number of anilines is 1. The van der Waals surface area contributed by atoms with Crippen molar-refractivity contribution < 1.29 is 33.3 Å². The van der Waals surface area contributed by atoms with Crippen LogP contribution in [0, 0.1) is 17.6 Å². The maximum Gasteiger partial charge on any atom is 0.411 e. The van der Waals surface area contributed by atoms with Gasteiger partial charge in [-0.2, -0.15) is 0 Å². The number of aromatic nitrogens is 1. The van der Waals surface area contributed by atoms with Crippen LogP contribution in [-0.4, -0.2) is 51.3 Å². The van der Waals surface area contributed by atoms with Crippen molar-refractivity contribution >= 4 is 17.9 Å². The summed E-state index contributed by atoms with van der Waals surface area (Å²) in [7, 11) is 0. The molecule has 2 aliphatic heterocycles. The summed E-state index contributed by atoms with van der Waals surface area (Å²) < 4.78 is 33.5. The van der Waals surface area contributed by atoms with E-state index in [9.17, 15) is 28.6 Å². The molecule has 1 saturated carbocycles. The Morgan fingerprint density at radius 2 is 1.69 bits per heavy atom. The minimum absolute atomic E-state index is 0.0682. The van der Waals surface area contributed by atoms with E-state index >= 15 is 0 Å². The number of hydrogen-bond donors (Lipinski definition) is 2. The van der Waals surface area contributed by atoms with Gasteiger partial charge in [0.15, 0.2) is 0 Å². The summed E-state index contributed by atoms with van der Waals surface area (Å²) in [6.45, 7) is 3.59. The molecular weight excluding hydrogens is 544 g/mol. The first-order chi connectivity index (χ1) is 20.2.